The zero-order valence-corrected chi connectivity index (χ0v) is 14.3. The van der Waals surface area contributed by atoms with Crippen LogP contribution in [-0.4, -0.2) is 0 Å². The topological polar surface area (TPSA) is 75.8 Å². The molecule has 0 saturated carbocycles. The number of nitrogens with zero attached hydrogens (tertiary/aromatic N) is 1. The van der Waals surface area contributed by atoms with Gasteiger partial charge in [0.05, 0.1) is 10.6 Å². The molecule has 4 heteroatoms. The smallest absolute Gasteiger partial charge is 0.103 e. The van der Waals surface area contributed by atoms with Crippen LogP contribution < -0.4 is 11.5 Å². The summed E-state index contributed by atoms with van der Waals surface area (Å²) in [6, 6.07) is 27.6. The maximum atomic E-state index is 9.63. The number of nitrogen functional groups attached to an aromatic ring is 1. The number of para-hydroxylation sites is 1. The van der Waals surface area contributed by atoms with Crippen molar-refractivity contribution in [3.05, 3.63) is 89.5 Å². The first-order chi connectivity index (χ1) is 12.2. The Labute approximate surface area is 151 Å². The van der Waals surface area contributed by atoms with E-state index in [9.17, 15) is 5.26 Å². The van der Waals surface area contributed by atoms with Gasteiger partial charge in [-0.2, -0.15) is 5.26 Å². The van der Waals surface area contributed by atoms with Crippen LogP contribution in [-0.2, 0) is 0 Å². The Bertz CT molecular complexity index is 956. The maximum Gasteiger partial charge on any atom is 0.103 e. The first kappa shape index (κ1) is 16.7. The number of allylic oxidation sites excluding steroid dienone is 1. The van der Waals surface area contributed by atoms with Gasteiger partial charge in [-0.05, 0) is 34.9 Å². The van der Waals surface area contributed by atoms with Crippen LogP contribution in [0.2, 0.25) is 0 Å². The lowest BCUT2D eigenvalue weighted by Crippen LogP contribution is -1.99. The van der Waals surface area contributed by atoms with Crippen molar-refractivity contribution < 1.29 is 0 Å². The standard InChI is InChI=1S/C21H17N3S/c22-14-18(21(24)25-20-12-5-4-11-19(20)23)17-10-6-9-16(13-17)15-7-2-1-3-8-15/h1-13H,23-24H2/b21-18+. The number of thioether (sulfide) groups is 1. The SMILES string of the molecule is N#C/C(=C(/N)Sc1ccccc1N)c1cccc(-c2ccccc2)c1. The predicted molar refractivity (Wildman–Crippen MR) is 105 cm³/mol. The van der Waals surface area contributed by atoms with Crippen molar-refractivity contribution in [2.45, 2.75) is 4.90 Å². The molecular weight excluding hydrogens is 326 g/mol. The number of nitrogens with two attached hydrogens (primary N) is 2. The van der Waals surface area contributed by atoms with Crippen LogP contribution in [0, 0.1) is 11.3 Å². The van der Waals surface area contributed by atoms with E-state index < -0.39 is 0 Å². The summed E-state index contributed by atoms with van der Waals surface area (Å²) in [6.07, 6.45) is 0. The molecule has 0 aromatic heterocycles. The Morgan fingerprint density at radius 1 is 0.840 bits per heavy atom. The number of anilines is 1. The molecule has 122 valence electrons. The first-order valence-corrected chi connectivity index (χ1v) is 8.59. The second-order valence-electron chi connectivity index (χ2n) is 5.44. The van der Waals surface area contributed by atoms with Crippen LogP contribution in [0.4, 0.5) is 5.69 Å². The largest absolute Gasteiger partial charge is 0.398 e. The Morgan fingerprint density at radius 3 is 2.24 bits per heavy atom. The van der Waals surface area contributed by atoms with Crippen LogP contribution in [0.5, 0.6) is 0 Å². The molecule has 0 spiro atoms. The highest BCUT2D eigenvalue weighted by molar-refractivity contribution is 8.03. The van der Waals surface area contributed by atoms with Crippen LogP contribution in [0.3, 0.4) is 0 Å². The van der Waals surface area contributed by atoms with E-state index in [-0.39, 0.29) is 0 Å². The molecule has 0 amide bonds. The minimum atomic E-state index is 0.436. The Morgan fingerprint density at radius 2 is 1.52 bits per heavy atom. The summed E-state index contributed by atoms with van der Waals surface area (Å²) in [5.74, 6) is 0. The fourth-order valence-corrected chi connectivity index (χ4v) is 3.32. The molecule has 0 aliphatic carbocycles. The van der Waals surface area contributed by atoms with Gasteiger partial charge in [-0.3, -0.25) is 0 Å². The van der Waals surface area contributed by atoms with E-state index in [0.29, 0.717) is 16.3 Å². The molecule has 25 heavy (non-hydrogen) atoms. The summed E-state index contributed by atoms with van der Waals surface area (Å²) in [5.41, 5.74) is 16.2. The monoisotopic (exact) mass is 343 g/mol. The van der Waals surface area contributed by atoms with Gasteiger partial charge >= 0.3 is 0 Å². The van der Waals surface area contributed by atoms with Gasteiger partial charge in [0.25, 0.3) is 0 Å². The Kier molecular flexibility index (Phi) is 5.08. The molecule has 0 radical (unpaired) electrons. The molecule has 4 N–H and O–H groups in total. The second-order valence-corrected chi connectivity index (χ2v) is 6.52. The minimum absolute atomic E-state index is 0.436. The van der Waals surface area contributed by atoms with Gasteiger partial charge in [-0.15, -0.1) is 0 Å². The predicted octanol–water partition coefficient (Wildman–Crippen LogP) is 4.88. The molecular formula is C21H17N3S. The van der Waals surface area contributed by atoms with Crippen LogP contribution >= 0.6 is 11.8 Å². The van der Waals surface area contributed by atoms with Gasteiger partial charge in [0, 0.05) is 10.6 Å². The maximum absolute atomic E-state index is 9.63. The normalized spacial score (nSPS) is 11.5. The molecule has 0 fully saturated rings. The summed E-state index contributed by atoms with van der Waals surface area (Å²) >= 11 is 1.31. The minimum Gasteiger partial charge on any atom is -0.398 e. The molecule has 0 bridgehead atoms. The van der Waals surface area contributed by atoms with Crippen LogP contribution in [0.25, 0.3) is 16.7 Å². The van der Waals surface area contributed by atoms with Gasteiger partial charge in [0.2, 0.25) is 0 Å². The number of hydrogen-bond acceptors (Lipinski definition) is 4. The number of nitriles is 1. The van der Waals surface area contributed by atoms with Gasteiger partial charge in [-0.1, -0.05) is 72.4 Å². The van der Waals surface area contributed by atoms with Crippen molar-refractivity contribution >= 4 is 23.0 Å². The molecule has 0 aliphatic rings. The van der Waals surface area contributed by atoms with Crippen molar-refractivity contribution in [3.63, 3.8) is 0 Å². The summed E-state index contributed by atoms with van der Waals surface area (Å²) in [5, 5.41) is 10.1. The van der Waals surface area contributed by atoms with Crippen molar-refractivity contribution in [1.82, 2.24) is 0 Å². The molecule has 3 nitrogen and oxygen atoms in total. The highest BCUT2D eigenvalue weighted by atomic mass is 32.2. The fraction of sp³-hybridized carbons (Fsp3) is 0. The van der Waals surface area contributed by atoms with E-state index in [2.05, 4.69) is 6.07 Å². The number of benzene rings is 3. The third-order valence-corrected chi connectivity index (χ3v) is 4.77. The first-order valence-electron chi connectivity index (χ1n) is 7.77. The van der Waals surface area contributed by atoms with Crippen LogP contribution in [0.15, 0.2) is 88.8 Å². The Hall–Kier alpha value is -3.16. The van der Waals surface area contributed by atoms with Crippen molar-refractivity contribution in [1.29, 1.82) is 5.26 Å². The quantitative estimate of drug-likeness (QED) is 0.402. The van der Waals surface area contributed by atoms with E-state index in [1.165, 1.54) is 11.8 Å². The van der Waals surface area contributed by atoms with E-state index in [4.69, 9.17) is 11.5 Å². The average molecular weight is 343 g/mol. The van der Waals surface area contributed by atoms with Gasteiger partial charge in [-0.25, -0.2) is 0 Å². The number of hydrogen-bond donors (Lipinski definition) is 2. The van der Waals surface area contributed by atoms with Crippen molar-refractivity contribution in [3.8, 4) is 17.2 Å². The number of rotatable bonds is 4. The third-order valence-electron chi connectivity index (χ3n) is 3.76. The molecule has 3 aromatic carbocycles. The van der Waals surface area contributed by atoms with Crippen molar-refractivity contribution in [2.75, 3.05) is 5.73 Å². The van der Waals surface area contributed by atoms with Gasteiger partial charge in [0.1, 0.15) is 6.07 Å². The lowest BCUT2D eigenvalue weighted by Gasteiger charge is -2.09. The summed E-state index contributed by atoms with van der Waals surface area (Å²) in [7, 11) is 0. The lowest BCUT2D eigenvalue weighted by molar-refractivity contribution is 1.44. The van der Waals surface area contributed by atoms with Crippen molar-refractivity contribution in [2.24, 2.45) is 5.73 Å². The molecule has 0 heterocycles. The average Bonchev–Trinajstić information content (AvgIpc) is 2.65. The van der Waals surface area contributed by atoms with E-state index in [1.807, 2.05) is 78.9 Å². The fourth-order valence-electron chi connectivity index (χ4n) is 2.49. The highest BCUT2D eigenvalue weighted by Crippen LogP contribution is 2.33. The summed E-state index contributed by atoms with van der Waals surface area (Å²) < 4.78 is 0. The zero-order valence-electron chi connectivity index (χ0n) is 13.5. The van der Waals surface area contributed by atoms with E-state index in [0.717, 1.165) is 21.6 Å². The molecule has 0 saturated heterocycles. The zero-order chi connectivity index (χ0) is 17.6. The van der Waals surface area contributed by atoms with Crippen LogP contribution in [0.1, 0.15) is 5.56 Å². The van der Waals surface area contributed by atoms with E-state index >= 15 is 0 Å². The third kappa shape index (κ3) is 3.85. The summed E-state index contributed by atoms with van der Waals surface area (Å²) in [6.45, 7) is 0. The lowest BCUT2D eigenvalue weighted by atomic mass is 10.00. The molecule has 3 rings (SSSR count). The molecule has 3 aromatic rings. The Balaban J connectivity index is 1.98. The second kappa shape index (κ2) is 7.61. The molecule has 0 aliphatic heterocycles. The molecule has 0 unspecified atom stereocenters. The van der Waals surface area contributed by atoms with Gasteiger partial charge < -0.3 is 11.5 Å². The van der Waals surface area contributed by atoms with E-state index in [1.54, 1.807) is 0 Å². The highest BCUT2D eigenvalue weighted by Gasteiger charge is 2.10. The summed E-state index contributed by atoms with van der Waals surface area (Å²) in [4.78, 5) is 0.840. The van der Waals surface area contributed by atoms with Gasteiger partial charge in [0.15, 0.2) is 0 Å². The molecule has 0 atom stereocenters.